The van der Waals surface area contributed by atoms with Crippen LogP contribution in [0.15, 0.2) is 53.4 Å². The number of amides is 1. The van der Waals surface area contributed by atoms with Crippen LogP contribution in [0.3, 0.4) is 0 Å². The van der Waals surface area contributed by atoms with Crippen LogP contribution >= 0.6 is 23.4 Å². The highest BCUT2D eigenvalue weighted by molar-refractivity contribution is 7.99. The predicted molar refractivity (Wildman–Crippen MR) is 96.0 cm³/mol. The summed E-state index contributed by atoms with van der Waals surface area (Å²) in [5.41, 5.74) is 3.99. The molecule has 0 radical (unpaired) electrons. The van der Waals surface area contributed by atoms with Gasteiger partial charge < -0.3 is 0 Å². The first kappa shape index (κ1) is 17.9. The summed E-state index contributed by atoms with van der Waals surface area (Å²) in [5.74, 6) is 0.719. The molecule has 0 aliphatic carbocycles. The summed E-state index contributed by atoms with van der Waals surface area (Å²) in [6.07, 6.45) is 3.24. The van der Waals surface area contributed by atoms with Gasteiger partial charge in [0.1, 0.15) is 0 Å². The van der Waals surface area contributed by atoms with Gasteiger partial charge in [0.15, 0.2) is 0 Å². The van der Waals surface area contributed by atoms with Gasteiger partial charge in [-0.2, -0.15) is 0 Å². The van der Waals surface area contributed by atoms with Crippen molar-refractivity contribution in [2.24, 2.45) is 0 Å². The minimum atomic E-state index is -0.310. The highest BCUT2D eigenvalue weighted by atomic mass is 35.5. The van der Waals surface area contributed by atoms with Crippen molar-refractivity contribution in [2.45, 2.75) is 30.6 Å². The zero-order valence-electron chi connectivity index (χ0n) is 12.8. The Labute approximate surface area is 146 Å². The van der Waals surface area contributed by atoms with Gasteiger partial charge in [0.2, 0.25) is 5.91 Å². The van der Waals surface area contributed by atoms with Crippen molar-refractivity contribution in [2.75, 3.05) is 5.75 Å². The Bertz CT molecular complexity index is 614. The topological polar surface area (TPSA) is 49.3 Å². The standard InChI is InChI=1S/C18H20ClNO2S/c19-16-9-5-14(6-10-16)15-7-11-17(12-8-15)23-13-3-1-2-4-18(21)20-22/h5-12,22H,1-4,13H2,(H,20,21). The number of nitrogens with one attached hydrogen (secondary N) is 1. The average Bonchev–Trinajstić information content (AvgIpc) is 2.59. The second kappa shape index (κ2) is 9.60. The molecule has 2 aromatic carbocycles. The minimum Gasteiger partial charge on any atom is -0.289 e. The van der Waals surface area contributed by atoms with Gasteiger partial charge in [0.05, 0.1) is 0 Å². The molecular weight excluding hydrogens is 330 g/mol. The van der Waals surface area contributed by atoms with Crippen molar-refractivity contribution in [3.63, 3.8) is 0 Å². The molecule has 2 aromatic rings. The molecule has 0 bridgehead atoms. The van der Waals surface area contributed by atoms with E-state index in [1.807, 2.05) is 36.0 Å². The van der Waals surface area contributed by atoms with Gasteiger partial charge >= 0.3 is 0 Å². The van der Waals surface area contributed by atoms with Gasteiger partial charge in [-0.15, -0.1) is 11.8 Å². The number of hydroxylamine groups is 1. The molecule has 0 heterocycles. The highest BCUT2D eigenvalue weighted by Gasteiger charge is 2.01. The van der Waals surface area contributed by atoms with E-state index in [0.29, 0.717) is 6.42 Å². The molecule has 1 amide bonds. The Morgan fingerprint density at radius 3 is 2.17 bits per heavy atom. The molecule has 2 rings (SSSR count). The fourth-order valence-corrected chi connectivity index (χ4v) is 3.23. The third kappa shape index (κ3) is 6.26. The minimum absolute atomic E-state index is 0.310. The van der Waals surface area contributed by atoms with Crippen molar-refractivity contribution >= 4 is 29.3 Å². The summed E-state index contributed by atoms with van der Waals surface area (Å²) >= 11 is 7.73. The van der Waals surface area contributed by atoms with E-state index in [1.165, 1.54) is 10.5 Å². The maximum absolute atomic E-state index is 10.9. The van der Waals surface area contributed by atoms with E-state index in [0.717, 1.165) is 35.6 Å². The number of carbonyl (C=O) groups is 1. The molecule has 5 heteroatoms. The van der Waals surface area contributed by atoms with Gasteiger partial charge in [-0.25, -0.2) is 5.48 Å². The number of unbranched alkanes of at least 4 members (excludes halogenated alkanes) is 2. The lowest BCUT2D eigenvalue weighted by Crippen LogP contribution is -2.17. The number of thioether (sulfide) groups is 1. The zero-order chi connectivity index (χ0) is 16.5. The van der Waals surface area contributed by atoms with E-state index >= 15 is 0 Å². The fraction of sp³-hybridized carbons (Fsp3) is 0.278. The van der Waals surface area contributed by atoms with Gasteiger partial charge in [-0.3, -0.25) is 10.0 Å². The molecule has 0 aliphatic heterocycles. The first-order valence-corrected chi connectivity index (χ1v) is 8.97. The predicted octanol–water partition coefficient (Wildman–Crippen LogP) is 5.16. The molecule has 0 saturated carbocycles. The molecule has 0 spiro atoms. The second-order valence-corrected chi connectivity index (χ2v) is 6.83. The fourth-order valence-electron chi connectivity index (χ4n) is 2.20. The Morgan fingerprint density at radius 1 is 0.957 bits per heavy atom. The number of benzene rings is 2. The largest absolute Gasteiger partial charge is 0.289 e. The summed E-state index contributed by atoms with van der Waals surface area (Å²) < 4.78 is 0. The molecule has 23 heavy (non-hydrogen) atoms. The molecular formula is C18H20ClNO2S. The quantitative estimate of drug-likeness (QED) is 0.299. The van der Waals surface area contributed by atoms with Crippen molar-refractivity contribution < 1.29 is 10.0 Å². The number of hydrogen-bond acceptors (Lipinski definition) is 3. The van der Waals surface area contributed by atoms with Crippen LogP contribution in [0.4, 0.5) is 0 Å². The number of rotatable bonds is 8. The maximum Gasteiger partial charge on any atom is 0.243 e. The Balaban J connectivity index is 1.73. The smallest absolute Gasteiger partial charge is 0.243 e. The molecule has 0 aromatic heterocycles. The summed E-state index contributed by atoms with van der Waals surface area (Å²) in [6, 6.07) is 16.4. The summed E-state index contributed by atoms with van der Waals surface area (Å²) in [5, 5.41) is 9.14. The van der Waals surface area contributed by atoms with E-state index in [4.69, 9.17) is 16.8 Å². The van der Waals surface area contributed by atoms with Crippen LogP contribution < -0.4 is 5.48 Å². The normalized spacial score (nSPS) is 10.5. The Hall–Kier alpha value is -1.49. The molecule has 2 N–H and O–H groups in total. The molecule has 0 saturated heterocycles. The number of halogens is 1. The van der Waals surface area contributed by atoms with Gasteiger partial charge in [0.25, 0.3) is 0 Å². The first-order chi connectivity index (χ1) is 11.2. The van der Waals surface area contributed by atoms with Crippen molar-refractivity contribution in [3.05, 3.63) is 53.6 Å². The lowest BCUT2D eigenvalue weighted by atomic mass is 10.1. The third-order valence-corrected chi connectivity index (χ3v) is 4.82. The van der Waals surface area contributed by atoms with Crippen LogP contribution in [0, 0.1) is 0 Å². The maximum atomic E-state index is 10.9. The van der Waals surface area contributed by atoms with Gasteiger partial charge in [0, 0.05) is 16.3 Å². The van der Waals surface area contributed by atoms with Crippen molar-refractivity contribution in [1.29, 1.82) is 0 Å². The van der Waals surface area contributed by atoms with Crippen LogP contribution in [0.25, 0.3) is 11.1 Å². The van der Waals surface area contributed by atoms with Crippen LogP contribution in [0.1, 0.15) is 25.7 Å². The Morgan fingerprint density at radius 2 is 1.57 bits per heavy atom. The first-order valence-electron chi connectivity index (χ1n) is 7.61. The average molecular weight is 350 g/mol. The third-order valence-electron chi connectivity index (χ3n) is 3.47. The zero-order valence-corrected chi connectivity index (χ0v) is 14.4. The van der Waals surface area contributed by atoms with E-state index in [-0.39, 0.29) is 5.91 Å². The lowest BCUT2D eigenvalue weighted by molar-refractivity contribution is -0.129. The highest BCUT2D eigenvalue weighted by Crippen LogP contribution is 2.26. The van der Waals surface area contributed by atoms with Crippen LogP contribution in [-0.2, 0) is 4.79 Å². The monoisotopic (exact) mass is 349 g/mol. The SMILES string of the molecule is O=C(CCCCCSc1ccc(-c2ccc(Cl)cc2)cc1)NO. The van der Waals surface area contributed by atoms with Crippen LogP contribution in [0.5, 0.6) is 0 Å². The molecule has 0 fully saturated rings. The molecule has 0 unspecified atom stereocenters. The van der Waals surface area contributed by atoms with E-state index < -0.39 is 0 Å². The van der Waals surface area contributed by atoms with Crippen LogP contribution in [-0.4, -0.2) is 16.9 Å². The number of carbonyl (C=O) groups excluding carboxylic acids is 1. The molecule has 122 valence electrons. The molecule has 3 nitrogen and oxygen atoms in total. The van der Waals surface area contributed by atoms with E-state index in [9.17, 15) is 4.79 Å². The number of hydrogen-bond donors (Lipinski definition) is 2. The van der Waals surface area contributed by atoms with Gasteiger partial charge in [-0.05, 0) is 54.0 Å². The molecule has 0 atom stereocenters. The Kier molecular flexibility index (Phi) is 7.46. The van der Waals surface area contributed by atoms with E-state index in [1.54, 1.807) is 5.48 Å². The van der Waals surface area contributed by atoms with Crippen molar-refractivity contribution in [1.82, 2.24) is 5.48 Å². The van der Waals surface area contributed by atoms with E-state index in [2.05, 4.69) is 24.3 Å². The summed E-state index contributed by atoms with van der Waals surface area (Å²) in [4.78, 5) is 12.1. The van der Waals surface area contributed by atoms with Crippen molar-refractivity contribution in [3.8, 4) is 11.1 Å². The summed E-state index contributed by atoms with van der Waals surface area (Å²) in [6.45, 7) is 0. The van der Waals surface area contributed by atoms with Crippen LogP contribution in [0.2, 0.25) is 5.02 Å². The second-order valence-electron chi connectivity index (χ2n) is 5.23. The summed E-state index contributed by atoms with van der Waals surface area (Å²) in [7, 11) is 0. The lowest BCUT2D eigenvalue weighted by Gasteiger charge is -2.05. The molecule has 0 aliphatic rings. The van der Waals surface area contributed by atoms with Gasteiger partial charge in [-0.1, -0.05) is 42.3 Å².